The van der Waals surface area contributed by atoms with Gasteiger partial charge in [-0.1, -0.05) is 6.92 Å². The molecule has 0 fully saturated rings. The fourth-order valence-corrected chi connectivity index (χ4v) is 1.94. The number of hydrogen-bond donors (Lipinski definition) is 2. The minimum Gasteiger partial charge on any atom is -0.466 e. The van der Waals surface area contributed by atoms with Crippen LogP contribution in [-0.4, -0.2) is 12.7 Å². The molecular formula is C10H17BrN2O2. The molecule has 0 bridgehead atoms. The van der Waals surface area contributed by atoms with Crippen LogP contribution >= 0.6 is 15.9 Å². The molecule has 1 heterocycles. The monoisotopic (exact) mass is 276 g/mol. The Labute approximate surface area is 98.3 Å². The molecule has 15 heavy (non-hydrogen) atoms. The number of halogens is 1. The molecule has 0 aliphatic heterocycles. The number of hydrogen-bond acceptors (Lipinski definition) is 4. The Morgan fingerprint density at radius 2 is 2.40 bits per heavy atom. The zero-order valence-electron chi connectivity index (χ0n) is 9.21. The van der Waals surface area contributed by atoms with Crippen LogP contribution < -0.4 is 11.3 Å². The van der Waals surface area contributed by atoms with E-state index in [0.717, 1.165) is 16.7 Å². The third-order valence-corrected chi connectivity index (χ3v) is 3.51. The first-order valence-corrected chi connectivity index (χ1v) is 5.62. The summed E-state index contributed by atoms with van der Waals surface area (Å²) < 4.78 is 11.8. The van der Waals surface area contributed by atoms with E-state index in [-0.39, 0.29) is 6.04 Å². The first kappa shape index (κ1) is 12.7. The van der Waals surface area contributed by atoms with Gasteiger partial charge in [0.15, 0.2) is 0 Å². The lowest BCUT2D eigenvalue weighted by molar-refractivity contribution is -0.0356. The van der Waals surface area contributed by atoms with Gasteiger partial charge in [-0.2, -0.15) is 0 Å². The van der Waals surface area contributed by atoms with Crippen LogP contribution in [0.25, 0.3) is 0 Å². The van der Waals surface area contributed by atoms with E-state index in [1.54, 1.807) is 13.4 Å². The minimum atomic E-state index is -0.394. The maximum atomic E-state index is 5.56. The van der Waals surface area contributed by atoms with Crippen LogP contribution in [-0.2, 0) is 4.74 Å². The molecule has 2 atom stereocenters. The number of rotatable bonds is 5. The van der Waals surface area contributed by atoms with Crippen molar-refractivity contribution in [3.63, 3.8) is 0 Å². The summed E-state index contributed by atoms with van der Waals surface area (Å²) in [4.78, 5) is 0. The highest BCUT2D eigenvalue weighted by molar-refractivity contribution is 9.10. The number of hydrazine groups is 1. The predicted molar refractivity (Wildman–Crippen MR) is 62.2 cm³/mol. The average Bonchev–Trinajstić information content (AvgIpc) is 2.66. The molecule has 0 aliphatic carbocycles. The van der Waals surface area contributed by atoms with Crippen molar-refractivity contribution in [1.82, 2.24) is 5.43 Å². The van der Waals surface area contributed by atoms with Crippen LogP contribution in [0.1, 0.15) is 32.1 Å². The third-order valence-electron chi connectivity index (χ3n) is 2.85. The van der Waals surface area contributed by atoms with E-state index < -0.39 is 5.60 Å². The molecule has 3 N–H and O–H groups in total. The second-order valence-electron chi connectivity index (χ2n) is 3.60. The molecular weight excluding hydrogens is 260 g/mol. The lowest BCUT2D eigenvalue weighted by atomic mass is 9.92. The van der Waals surface area contributed by atoms with Gasteiger partial charge in [-0.3, -0.25) is 5.84 Å². The maximum Gasteiger partial charge on any atom is 0.139 e. The SMILES string of the molecule is CCC(C)(OC)C(NN)c1occc1Br. The van der Waals surface area contributed by atoms with E-state index in [4.69, 9.17) is 15.0 Å². The summed E-state index contributed by atoms with van der Waals surface area (Å²) >= 11 is 3.41. The summed E-state index contributed by atoms with van der Waals surface area (Å²) in [5, 5.41) is 0. The molecule has 0 saturated carbocycles. The summed E-state index contributed by atoms with van der Waals surface area (Å²) in [5.41, 5.74) is 2.35. The van der Waals surface area contributed by atoms with E-state index in [2.05, 4.69) is 21.4 Å². The van der Waals surface area contributed by atoms with E-state index in [9.17, 15) is 0 Å². The fourth-order valence-electron chi connectivity index (χ4n) is 1.51. The Hall–Kier alpha value is -0.360. The van der Waals surface area contributed by atoms with Gasteiger partial charge in [0.2, 0.25) is 0 Å². The normalized spacial score (nSPS) is 17.4. The first-order chi connectivity index (χ1) is 7.09. The van der Waals surface area contributed by atoms with Crippen LogP contribution in [0, 0.1) is 0 Å². The highest BCUT2D eigenvalue weighted by Crippen LogP contribution is 2.35. The largest absolute Gasteiger partial charge is 0.466 e. The zero-order valence-corrected chi connectivity index (χ0v) is 10.8. The highest BCUT2D eigenvalue weighted by atomic mass is 79.9. The van der Waals surface area contributed by atoms with Gasteiger partial charge in [-0.25, -0.2) is 5.43 Å². The number of nitrogens with one attached hydrogen (secondary N) is 1. The van der Waals surface area contributed by atoms with Crippen LogP contribution in [0.15, 0.2) is 21.2 Å². The van der Waals surface area contributed by atoms with Crippen molar-refractivity contribution in [3.8, 4) is 0 Å². The Kier molecular flexibility index (Phi) is 4.33. The van der Waals surface area contributed by atoms with E-state index >= 15 is 0 Å². The highest BCUT2D eigenvalue weighted by Gasteiger charge is 2.36. The molecule has 1 aromatic heterocycles. The van der Waals surface area contributed by atoms with Crippen molar-refractivity contribution >= 4 is 15.9 Å². The number of furan rings is 1. The Balaban J connectivity index is 3.03. The van der Waals surface area contributed by atoms with Crippen molar-refractivity contribution in [3.05, 3.63) is 22.6 Å². The van der Waals surface area contributed by atoms with Gasteiger partial charge in [-0.15, -0.1) is 0 Å². The lowest BCUT2D eigenvalue weighted by Crippen LogP contribution is -2.45. The first-order valence-electron chi connectivity index (χ1n) is 4.83. The molecule has 2 unspecified atom stereocenters. The second-order valence-corrected chi connectivity index (χ2v) is 4.46. The van der Waals surface area contributed by atoms with Crippen molar-refractivity contribution in [2.45, 2.75) is 31.9 Å². The molecule has 0 aliphatic rings. The molecule has 0 saturated heterocycles. The Bertz CT molecular complexity index is 310. The van der Waals surface area contributed by atoms with Crippen molar-refractivity contribution < 1.29 is 9.15 Å². The average molecular weight is 277 g/mol. The maximum absolute atomic E-state index is 5.56. The van der Waals surface area contributed by atoms with Crippen molar-refractivity contribution in [2.24, 2.45) is 5.84 Å². The number of nitrogens with two attached hydrogens (primary N) is 1. The van der Waals surface area contributed by atoms with Crippen molar-refractivity contribution in [1.29, 1.82) is 0 Å². The minimum absolute atomic E-state index is 0.183. The standard InChI is InChI=1S/C10H17BrN2O2/c1-4-10(2,14-3)9(13-12)8-7(11)5-6-15-8/h5-6,9,13H,4,12H2,1-3H3. The van der Waals surface area contributed by atoms with Gasteiger partial charge < -0.3 is 9.15 Å². The molecule has 86 valence electrons. The van der Waals surface area contributed by atoms with Crippen molar-refractivity contribution in [2.75, 3.05) is 7.11 Å². The van der Waals surface area contributed by atoms with Gasteiger partial charge in [0, 0.05) is 7.11 Å². The Morgan fingerprint density at radius 3 is 2.73 bits per heavy atom. The number of ether oxygens (including phenoxy) is 1. The van der Waals surface area contributed by atoms with E-state index in [1.165, 1.54) is 0 Å². The van der Waals surface area contributed by atoms with Gasteiger partial charge in [0.1, 0.15) is 11.8 Å². The van der Waals surface area contributed by atoms with Gasteiger partial charge in [-0.05, 0) is 35.3 Å². The fraction of sp³-hybridized carbons (Fsp3) is 0.600. The quantitative estimate of drug-likeness (QED) is 0.640. The summed E-state index contributed by atoms with van der Waals surface area (Å²) in [6, 6.07) is 1.66. The summed E-state index contributed by atoms with van der Waals surface area (Å²) in [5.74, 6) is 6.31. The smallest absolute Gasteiger partial charge is 0.139 e. The predicted octanol–water partition coefficient (Wildman–Crippen LogP) is 2.36. The van der Waals surface area contributed by atoms with E-state index in [0.29, 0.717) is 0 Å². The zero-order chi connectivity index (χ0) is 11.5. The van der Waals surface area contributed by atoms with Gasteiger partial charge in [0.05, 0.1) is 16.3 Å². The Morgan fingerprint density at radius 1 is 1.73 bits per heavy atom. The number of methoxy groups -OCH3 is 1. The third kappa shape index (κ3) is 2.42. The molecule has 5 heteroatoms. The molecule has 0 amide bonds. The van der Waals surface area contributed by atoms with Crippen LogP contribution in [0.3, 0.4) is 0 Å². The lowest BCUT2D eigenvalue weighted by Gasteiger charge is -2.34. The molecule has 0 radical (unpaired) electrons. The van der Waals surface area contributed by atoms with Gasteiger partial charge in [0.25, 0.3) is 0 Å². The van der Waals surface area contributed by atoms with Crippen LogP contribution in [0.4, 0.5) is 0 Å². The topological polar surface area (TPSA) is 60.4 Å². The van der Waals surface area contributed by atoms with E-state index in [1.807, 2.05) is 19.9 Å². The molecule has 0 aromatic carbocycles. The van der Waals surface area contributed by atoms with Crippen LogP contribution in [0.2, 0.25) is 0 Å². The molecule has 1 aromatic rings. The molecule has 0 spiro atoms. The van der Waals surface area contributed by atoms with Crippen LogP contribution in [0.5, 0.6) is 0 Å². The second kappa shape index (κ2) is 5.12. The summed E-state index contributed by atoms with van der Waals surface area (Å²) in [6.07, 6.45) is 2.45. The van der Waals surface area contributed by atoms with Gasteiger partial charge >= 0.3 is 0 Å². The molecule has 4 nitrogen and oxygen atoms in total. The summed E-state index contributed by atoms with van der Waals surface area (Å²) in [6.45, 7) is 4.04. The summed E-state index contributed by atoms with van der Waals surface area (Å²) in [7, 11) is 1.67. The molecule has 1 rings (SSSR count).